The molecule has 0 aromatic heterocycles. The van der Waals surface area contributed by atoms with Gasteiger partial charge in [0.05, 0.1) is 0 Å². The number of hydrogen-bond acceptors (Lipinski definition) is 2. The van der Waals surface area contributed by atoms with Crippen LogP contribution in [0.5, 0.6) is 0 Å². The summed E-state index contributed by atoms with van der Waals surface area (Å²) in [4.78, 5) is 0. The van der Waals surface area contributed by atoms with Crippen molar-refractivity contribution in [1.29, 1.82) is 0 Å². The maximum absolute atomic E-state index is 9.34. The lowest BCUT2D eigenvalue weighted by atomic mass is 9.85. The molecule has 1 saturated carbocycles. The minimum absolute atomic E-state index is 0.304. The van der Waals surface area contributed by atoms with Crippen LogP contribution in [0, 0.1) is 5.92 Å². The van der Waals surface area contributed by atoms with Crippen LogP contribution in [0.2, 0.25) is 5.02 Å². The monoisotopic (exact) mass is 253 g/mol. The highest BCUT2D eigenvalue weighted by Gasteiger charge is 2.23. The number of nitrogens with one attached hydrogen (secondary N) is 1. The Morgan fingerprint density at radius 1 is 1.18 bits per heavy atom. The van der Waals surface area contributed by atoms with Gasteiger partial charge in [0.2, 0.25) is 0 Å². The van der Waals surface area contributed by atoms with E-state index in [4.69, 9.17) is 11.6 Å². The molecule has 1 aliphatic carbocycles. The van der Waals surface area contributed by atoms with E-state index < -0.39 is 0 Å². The highest BCUT2D eigenvalue weighted by molar-refractivity contribution is 6.30. The average molecular weight is 254 g/mol. The van der Waals surface area contributed by atoms with Crippen LogP contribution in [0.1, 0.15) is 31.2 Å². The van der Waals surface area contributed by atoms with Gasteiger partial charge in [0, 0.05) is 24.2 Å². The molecule has 2 N–H and O–H groups in total. The third-order valence-electron chi connectivity index (χ3n) is 3.63. The third-order valence-corrected chi connectivity index (χ3v) is 3.88. The van der Waals surface area contributed by atoms with Gasteiger partial charge in [0.25, 0.3) is 0 Å². The summed E-state index contributed by atoms with van der Waals surface area (Å²) < 4.78 is 0. The lowest BCUT2D eigenvalue weighted by Crippen LogP contribution is -2.39. The molecule has 2 unspecified atom stereocenters. The van der Waals surface area contributed by atoms with Gasteiger partial charge in [-0.05, 0) is 36.5 Å². The van der Waals surface area contributed by atoms with Crippen LogP contribution in [-0.4, -0.2) is 17.8 Å². The van der Waals surface area contributed by atoms with E-state index in [9.17, 15) is 5.11 Å². The van der Waals surface area contributed by atoms with Crippen LogP contribution in [0.3, 0.4) is 0 Å². The zero-order valence-electron chi connectivity index (χ0n) is 10.0. The molecule has 0 spiro atoms. The summed E-state index contributed by atoms with van der Waals surface area (Å²) in [7, 11) is 0. The van der Waals surface area contributed by atoms with E-state index in [0.29, 0.717) is 18.6 Å². The molecule has 3 heteroatoms. The number of aliphatic hydroxyl groups excluding tert-OH is 1. The summed E-state index contributed by atoms with van der Waals surface area (Å²) in [6.45, 7) is 1.16. The van der Waals surface area contributed by atoms with Gasteiger partial charge < -0.3 is 10.4 Å². The Labute approximate surface area is 108 Å². The van der Waals surface area contributed by atoms with Crippen molar-refractivity contribution < 1.29 is 5.11 Å². The van der Waals surface area contributed by atoms with Crippen LogP contribution < -0.4 is 5.32 Å². The minimum Gasteiger partial charge on any atom is -0.396 e. The largest absolute Gasteiger partial charge is 0.396 e. The zero-order chi connectivity index (χ0) is 12.1. The fourth-order valence-corrected chi connectivity index (χ4v) is 2.67. The predicted octanol–water partition coefficient (Wildman–Crippen LogP) is 2.98. The molecule has 1 aliphatic rings. The number of benzene rings is 1. The molecule has 2 nitrogen and oxygen atoms in total. The van der Waals surface area contributed by atoms with Gasteiger partial charge in [-0.1, -0.05) is 36.6 Å². The maximum Gasteiger partial charge on any atom is 0.0474 e. The summed E-state index contributed by atoms with van der Waals surface area (Å²) in [5, 5.41) is 13.7. The Balaban J connectivity index is 1.86. The van der Waals surface area contributed by atoms with Gasteiger partial charge >= 0.3 is 0 Å². The van der Waals surface area contributed by atoms with Crippen LogP contribution in [0.4, 0.5) is 0 Å². The van der Waals surface area contributed by atoms with Crippen molar-refractivity contribution in [1.82, 2.24) is 5.32 Å². The molecule has 1 aromatic rings. The fraction of sp³-hybridized carbons (Fsp3) is 0.571. The molecule has 17 heavy (non-hydrogen) atoms. The first-order valence-corrected chi connectivity index (χ1v) is 6.76. The molecule has 0 radical (unpaired) electrons. The van der Waals surface area contributed by atoms with Crippen LogP contribution >= 0.6 is 11.6 Å². The standard InChI is InChI=1S/C14H20ClNO/c15-13-7-5-11(6-8-13)9-16-14-4-2-1-3-12(14)10-17/h5-8,12,14,16-17H,1-4,9-10H2. The third kappa shape index (κ3) is 3.70. The average Bonchev–Trinajstić information content (AvgIpc) is 2.38. The Kier molecular flexibility index (Phi) is 4.84. The molecule has 94 valence electrons. The second-order valence-electron chi connectivity index (χ2n) is 4.84. The van der Waals surface area contributed by atoms with Gasteiger partial charge in [-0.25, -0.2) is 0 Å². The van der Waals surface area contributed by atoms with Crippen molar-refractivity contribution in [2.24, 2.45) is 5.92 Å². The first-order chi connectivity index (χ1) is 8.29. The molecular formula is C14H20ClNO. The van der Waals surface area contributed by atoms with E-state index in [1.54, 1.807) is 0 Å². The Morgan fingerprint density at radius 3 is 2.59 bits per heavy atom. The summed E-state index contributed by atoms with van der Waals surface area (Å²) in [6.07, 6.45) is 4.85. The number of hydrogen-bond donors (Lipinski definition) is 2. The molecule has 0 heterocycles. The van der Waals surface area contributed by atoms with Crippen molar-refractivity contribution >= 4 is 11.6 Å². The van der Waals surface area contributed by atoms with E-state index in [2.05, 4.69) is 5.32 Å². The second kappa shape index (κ2) is 6.39. The van der Waals surface area contributed by atoms with E-state index in [1.807, 2.05) is 24.3 Å². The van der Waals surface area contributed by atoms with E-state index in [1.165, 1.54) is 24.8 Å². The first kappa shape index (κ1) is 12.9. The SMILES string of the molecule is OCC1CCCCC1NCc1ccc(Cl)cc1. The number of halogens is 1. The maximum atomic E-state index is 9.34. The van der Waals surface area contributed by atoms with Crippen molar-refractivity contribution in [3.63, 3.8) is 0 Å². The molecular weight excluding hydrogens is 234 g/mol. The number of rotatable bonds is 4. The quantitative estimate of drug-likeness (QED) is 0.865. The van der Waals surface area contributed by atoms with Crippen molar-refractivity contribution in [2.45, 2.75) is 38.3 Å². The normalized spacial score (nSPS) is 24.8. The molecule has 0 saturated heterocycles. The summed E-state index contributed by atoms with van der Waals surface area (Å²) >= 11 is 5.85. The van der Waals surface area contributed by atoms with Gasteiger partial charge in [-0.2, -0.15) is 0 Å². The Bertz CT molecular complexity index is 339. The lowest BCUT2D eigenvalue weighted by molar-refractivity contribution is 0.152. The van der Waals surface area contributed by atoms with Gasteiger partial charge in [-0.15, -0.1) is 0 Å². The lowest BCUT2D eigenvalue weighted by Gasteiger charge is -2.31. The molecule has 2 rings (SSSR count). The first-order valence-electron chi connectivity index (χ1n) is 6.38. The van der Waals surface area contributed by atoms with Crippen LogP contribution in [0.25, 0.3) is 0 Å². The molecule has 0 bridgehead atoms. The Morgan fingerprint density at radius 2 is 1.88 bits per heavy atom. The smallest absolute Gasteiger partial charge is 0.0474 e. The van der Waals surface area contributed by atoms with E-state index >= 15 is 0 Å². The Hall–Kier alpha value is -0.570. The highest BCUT2D eigenvalue weighted by Crippen LogP contribution is 2.24. The molecule has 0 aliphatic heterocycles. The van der Waals surface area contributed by atoms with Crippen LogP contribution in [-0.2, 0) is 6.54 Å². The molecule has 1 aromatic carbocycles. The van der Waals surface area contributed by atoms with E-state index in [-0.39, 0.29) is 0 Å². The topological polar surface area (TPSA) is 32.3 Å². The summed E-state index contributed by atoms with van der Waals surface area (Å²) in [5.74, 6) is 0.427. The molecule has 0 amide bonds. The summed E-state index contributed by atoms with van der Waals surface area (Å²) in [5.41, 5.74) is 1.25. The van der Waals surface area contributed by atoms with Crippen molar-refractivity contribution in [2.75, 3.05) is 6.61 Å². The highest BCUT2D eigenvalue weighted by atomic mass is 35.5. The minimum atomic E-state index is 0.304. The van der Waals surface area contributed by atoms with Gasteiger partial charge in [0.1, 0.15) is 0 Å². The van der Waals surface area contributed by atoms with Gasteiger partial charge in [-0.3, -0.25) is 0 Å². The second-order valence-corrected chi connectivity index (χ2v) is 5.28. The van der Waals surface area contributed by atoms with Crippen molar-refractivity contribution in [3.05, 3.63) is 34.9 Å². The fourth-order valence-electron chi connectivity index (χ4n) is 2.55. The molecule has 2 atom stereocenters. The zero-order valence-corrected chi connectivity index (χ0v) is 10.8. The number of aliphatic hydroxyl groups is 1. The van der Waals surface area contributed by atoms with Crippen LogP contribution in [0.15, 0.2) is 24.3 Å². The predicted molar refractivity (Wildman–Crippen MR) is 71.1 cm³/mol. The molecule has 1 fully saturated rings. The van der Waals surface area contributed by atoms with E-state index in [0.717, 1.165) is 18.0 Å². The summed E-state index contributed by atoms with van der Waals surface area (Å²) in [6, 6.07) is 8.40. The van der Waals surface area contributed by atoms with Crippen molar-refractivity contribution in [3.8, 4) is 0 Å². The van der Waals surface area contributed by atoms with Gasteiger partial charge in [0.15, 0.2) is 0 Å².